The van der Waals surface area contributed by atoms with Crippen LogP contribution in [0.1, 0.15) is 10.4 Å². The van der Waals surface area contributed by atoms with Crippen molar-refractivity contribution in [3.63, 3.8) is 0 Å². The second kappa shape index (κ2) is 10.2. The molecule has 0 atom stereocenters. The minimum Gasteiger partial charge on any atom is -0.311 e. The van der Waals surface area contributed by atoms with E-state index in [4.69, 9.17) is 0 Å². The smallest absolute Gasteiger partial charge is 0.311 e. The summed E-state index contributed by atoms with van der Waals surface area (Å²) in [5, 5.41) is 0. The lowest BCUT2D eigenvalue weighted by molar-refractivity contribution is -0.0885. The number of halogens is 3. The quantitative estimate of drug-likeness (QED) is 0.220. The molecule has 0 aliphatic rings. The van der Waals surface area contributed by atoms with Crippen molar-refractivity contribution in [2.75, 3.05) is 4.90 Å². The summed E-state index contributed by atoms with van der Waals surface area (Å²) in [4.78, 5) is 13.6. The zero-order valence-corrected chi connectivity index (χ0v) is 19.7. The Hall–Kier alpha value is -4.64. The van der Waals surface area contributed by atoms with E-state index >= 15 is 0 Å². The highest BCUT2D eigenvalue weighted by molar-refractivity contribution is 6.00. The fourth-order valence-corrected chi connectivity index (χ4v) is 4.24. The highest BCUT2D eigenvalue weighted by Crippen LogP contribution is 2.35. The molecule has 0 radical (unpaired) electrons. The first-order chi connectivity index (χ1) is 17.9. The zero-order chi connectivity index (χ0) is 25.8. The number of carbonyl (C=O) groups is 1. The van der Waals surface area contributed by atoms with Gasteiger partial charge in [0.05, 0.1) is 0 Å². The van der Waals surface area contributed by atoms with Crippen LogP contribution >= 0.6 is 0 Å². The number of carbonyl (C=O) groups excluding carboxylic acids is 1. The first kappa shape index (κ1) is 24.1. The maximum absolute atomic E-state index is 12.7. The Balaban J connectivity index is 1.38. The number of rotatable bonds is 6. The average Bonchev–Trinajstić information content (AvgIpc) is 2.94. The maximum Gasteiger partial charge on any atom is 0.454 e. The summed E-state index contributed by atoms with van der Waals surface area (Å²) in [5.41, 5.74) is 6.45. The SMILES string of the molecule is O=C(c1ccc(-c2ccc(-c3ccc(N(c4ccccc4)c4ccccc4)cc3)cc2)cc1)C(F)(F)F. The molecule has 5 rings (SSSR count). The van der Waals surface area contributed by atoms with Crippen LogP contribution in [0.3, 0.4) is 0 Å². The van der Waals surface area contributed by atoms with E-state index in [0.29, 0.717) is 0 Å². The van der Waals surface area contributed by atoms with Crippen molar-refractivity contribution in [1.82, 2.24) is 0 Å². The largest absolute Gasteiger partial charge is 0.454 e. The van der Waals surface area contributed by atoms with Crippen molar-refractivity contribution in [2.24, 2.45) is 0 Å². The van der Waals surface area contributed by atoms with E-state index in [0.717, 1.165) is 39.3 Å². The minimum atomic E-state index is -4.88. The van der Waals surface area contributed by atoms with Gasteiger partial charge in [-0.05, 0) is 58.7 Å². The van der Waals surface area contributed by atoms with Crippen molar-refractivity contribution in [2.45, 2.75) is 6.18 Å². The molecule has 0 aliphatic carbocycles. The molecule has 0 amide bonds. The molecular formula is C32H22F3NO. The van der Waals surface area contributed by atoms with E-state index in [9.17, 15) is 18.0 Å². The third-order valence-corrected chi connectivity index (χ3v) is 6.11. The van der Waals surface area contributed by atoms with Gasteiger partial charge < -0.3 is 4.90 Å². The molecule has 0 bridgehead atoms. The number of anilines is 3. The van der Waals surface area contributed by atoms with Crippen LogP contribution in [0, 0.1) is 0 Å². The Morgan fingerprint density at radius 1 is 0.459 bits per heavy atom. The van der Waals surface area contributed by atoms with Gasteiger partial charge in [0.15, 0.2) is 0 Å². The van der Waals surface area contributed by atoms with Crippen LogP contribution in [0.2, 0.25) is 0 Å². The van der Waals surface area contributed by atoms with E-state index < -0.39 is 12.0 Å². The topological polar surface area (TPSA) is 20.3 Å². The van der Waals surface area contributed by atoms with Gasteiger partial charge in [-0.15, -0.1) is 0 Å². The summed E-state index contributed by atoms with van der Waals surface area (Å²) in [6.45, 7) is 0. The van der Waals surface area contributed by atoms with E-state index in [1.54, 1.807) is 0 Å². The second-order valence-corrected chi connectivity index (χ2v) is 8.53. The van der Waals surface area contributed by atoms with Crippen molar-refractivity contribution in [3.05, 3.63) is 139 Å². The molecule has 0 aromatic heterocycles. The molecule has 182 valence electrons. The molecule has 0 fully saturated rings. The Morgan fingerprint density at radius 3 is 1.16 bits per heavy atom. The predicted molar refractivity (Wildman–Crippen MR) is 142 cm³/mol. The Labute approximate surface area is 213 Å². The Bertz CT molecular complexity index is 1440. The van der Waals surface area contributed by atoms with Crippen molar-refractivity contribution in [1.29, 1.82) is 0 Å². The number of nitrogens with zero attached hydrogens (tertiary/aromatic N) is 1. The third-order valence-electron chi connectivity index (χ3n) is 6.11. The standard InChI is InChI=1S/C32H22F3NO/c33-32(34,35)31(37)27-17-15-25(16-18-27)23-11-13-24(14-12-23)26-19-21-30(22-20-26)36(28-7-3-1-4-8-28)29-9-5-2-6-10-29/h1-22H. The number of ketones is 1. The van der Waals surface area contributed by atoms with Crippen molar-refractivity contribution in [3.8, 4) is 22.3 Å². The van der Waals surface area contributed by atoms with Crippen LogP contribution in [0.15, 0.2) is 133 Å². The lowest BCUT2D eigenvalue weighted by atomic mass is 9.98. The van der Waals surface area contributed by atoms with Gasteiger partial charge in [-0.3, -0.25) is 4.79 Å². The summed E-state index contributed by atoms with van der Waals surface area (Å²) in [7, 11) is 0. The van der Waals surface area contributed by atoms with E-state index in [1.165, 1.54) is 24.3 Å². The normalized spacial score (nSPS) is 11.2. The summed E-state index contributed by atoms with van der Waals surface area (Å²) < 4.78 is 38.0. The first-order valence-corrected chi connectivity index (χ1v) is 11.7. The molecule has 0 unspecified atom stereocenters. The lowest BCUT2D eigenvalue weighted by Gasteiger charge is -2.25. The molecule has 5 aromatic rings. The lowest BCUT2D eigenvalue weighted by Crippen LogP contribution is -2.22. The average molecular weight is 494 g/mol. The monoisotopic (exact) mass is 493 g/mol. The minimum absolute atomic E-state index is 0.368. The number of hydrogen-bond donors (Lipinski definition) is 0. The van der Waals surface area contributed by atoms with Crippen LogP contribution in [0.4, 0.5) is 30.2 Å². The molecule has 0 spiro atoms. The number of hydrogen-bond acceptors (Lipinski definition) is 2. The van der Waals surface area contributed by atoms with Crippen LogP contribution in [-0.2, 0) is 0 Å². The molecule has 5 heteroatoms. The summed E-state index contributed by atoms with van der Waals surface area (Å²) in [5.74, 6) is -1.84. The Kier molecular flexibility index (Phi) is 6.60. The van der Waals surface area contributed by atoms with Gasteiger partial charge in [-0.2, -0.15) is 13.2 Å². The predicted octanol–water partition coefficient (Wildman–Crippen LogP) is 9.24. The molecule has 0 heterocycles. The zero-order valence-electron chi connectivity index (χ0n) is 19.7. The fraction of sp³-hybridized carbons (Fsp3) is 0.0312. The molecule has 37 heavy (non-hydrogen) atoms. The number of alkyl halides is 3. The first-order valence-electron chi connectivity index (χ1n) is 11.7. The molecule has 0 saturated heterocycles. The number of Topliss-reactive ketones (excluding diaryl/α,β-unsaturated/α-hetero) is 1. The molecular weight excluding hydrogens is 471 g/mol. The Morgan fingerprint density at radius 2 is 0.784 bits per heavy atom. The van der Waals surface area contributed by atoms with Gasteiger partial charge in [0.1, 0.15) is 0 Å². The van der Waals surface area contributed by atoms with Gasteiger partial charge in [-0.25, -0.2) is 0 Å². The van der Waals surface area contributed by atoms with Crippen LogP contribution < -0.4 is 4.90 Å². The molecule has 0 saturated carbocycles. The molecule has 5 aromatic carbocycles. The highest BCUT2D eigenvalue weighted by atomic mass is 19.4. The van der Waals surface area contributed by atoms with Crippen LogP contribution in [-0.4, -0.2) is 12.0 Å². The van der Waals surface area contributed by atoms with Crippen molar-refractivity contribution < 1.29 is 18.0 Å². The van der Waals surface area contributed by atoms with Gasteiger partial charge in [0, 0.05) is 22.6 Å². The molecule has 0 N–H and O–H groups in total. The van der Waals surface area contributed by atoms with E-state index in [-0.39, 0.29) is 5.56 Å². The molecule has 2 nitrogen and oxygen atoms in total. The van der Waals surface area contributed by atoms with Gasteiger partial charge in [0.2, 0.25) is 0 Å². The van der Waals surface area contributed by atoms with Gasteiger partial charge >= 0.3 is 6.18 Å². The van der Waals surface area contributed by atoms with Crippen LogP contribution in [0.5, 0.6) is 0 Å². The summed E-state index contributed by atoms with van der Waals surface area (Å²) in [6, 6.07) is 41.9. The highest BCUT2D eigenvalue weighted by Gasteiger charge is 2.39. The number of benzene rings is 5. The van der Waals surface area contributed by atoms with Crippen molar-refractivity contribution >= 4 is 22.8 Å². The van der Waals surface area contributed by atoms with Gasteiger partial charge in [0.25, 0.3) is 5.78 Å². The summed E-state index contributed by atoms with van der Waals surface area (Å²) >= 11 is 0. The van der Waals surface area contributed by atoms with E-state index in [1.807, 2.05) is 60.7 Å². The van der Waals surface area contributed by atoms with Gasteiger partial charge in [-0.1, -0.05) is 97.1 Å². The fourth-order valence-electron chi connectivity index (χ4n) is 4.24. The number of para-hydroxylation sites is 2. The molecule has 0 aliphatic heterocycles. The maximum atomic E-state index is 12.7. The summed E-state index contributed by atoms with van der Waals surface area (Å²) in [6.07, 6.45) is -4.88. The second-order valence-electron chi connectivity index (χ2n) is 8.53. The third kappa shape index (κ3) is 5.31. The van der Waals surface area contributed by atoms with Crippen LogP contribution in [0.25, 0.3) is 22.3 Å². The van der Waals surface area contributed by atoms with E-state index in [2.05, 4.69) is 53.4 Å².